The molecule has 18 heavy (non-hydrogen) atoms. The fraction of sp³-hybridized carbons (Fsp3) is 0.333. The van der Waals surface area contributed by atoms with E-state index < -0.39 is 12.1 Å². The fourth-order valence-corrected chi connectivity index (χ4v) is 1.38. The Hall–Kier alpha value is -2.24. The lowest BCUT2D eigenvalue weighted by Gasteiger charge is -2.16. The first-order chi connectivity index (χ1) is 8.45. The summed E-state index contributed by atoms with van der Waals surface area (Å²) in [6.07, 6.45) is -0.787. The summed E-state index contributed by atoms with van der Waals surface area (Å²) >= 11 is 0. The number of nitrogens with two attached hydrogens (primary N) is 1. The van der Waals surface area contributed by atoms with Crippen LogP contribution in [-0.2, 0) is 4.79 Å². The van der Waals surface area contributed by atoms with Gasteiger partial charge in [0.1, 0.15) is 11.3 Å². The van der Waals surface area contributed by atoms with Crippen molar-refractivity contribution in [2.75, 3.05) is 12.3 Å². The Morgan fingerprint density at radius 1 is 1.50 bits per heavy atom. The molecule has 0 aliphatic carbocycles. The van der Waals surface area contributed by atoms with Crippen LogP contribution in [0.3, 0.4) is 0 Å². The smallest absolute Gasteiger partial charge is 0.339 e. The van der Waals surface area contributed by atoms with E-state index in [1.54, 1.807) is 13.8 Å². The molecule has 1 amide bonds. The molecule has 1 unspecified atom stereocenters. The number of carboxylic acids is 1. The van der Waals surface area contributed by atoms with Gasteiger partial charge in [0.15, 0.2) is 6.10 Å². The fourth-order valence-electron chi connectivity index (χ4n) is 1.38. The summed E-state index contributed by atoms with van der Waals surface area (Å²) in [5.41, 5.74) is 5.91. The molecule has 0 heterocycles. The zero-order valence-corrected chi connectivity index (χ0v) is 10.3. The van der Waals surface area contributed by atoms with Gasteiger partial charge in [-0.25, -0.2) is 4.79 Å². The van der Waals surface area contributed by atoms with E-state index in [0.717, 1.165) is 0 Å². The molecule has 0 aromatic heterocycles. The minimum absolute atomic E-state index is 0.0275. The van der Waals surface area contributed by atoms with Gasteiger partial charge in [-0.3, -0.25) is 4.79 Å². The maximum absolute atomic E-state index is 11.5. The van der Waals surface area contributed by atoms with Crippen molar-refractivity contribution in [3.63, 3.8) is 0 Å². The molecule has 0 bridgehead atoms. The highest BCUT2D eigenvalue weighted by Gasteiger charge is 2.18. The third kappa shape index (κ3) is 3.38. The average molecular weight is 252 g/mol. The Morgan fingerprint density at radius 3 is 2.72 bits per heavy atom. The van der Waals surface area contributed by atoms with Crippen molar-refractivity contribution in [2.24, 2.45) is 0 Å². The van der Waals surface area contributed by atoms with Gasteiger partial charge in [0, 0.05) is 18.3 Å². The van der Waals surface area contributed by atoms with Crippen LogP contribution in [0.25, 0.3) is 0 Å². The summed E-state index contributed by atoms with van der Waals surface area (Å²) in [6, 6.07) is 4.20. The van der Waals surface area contributed by atoms with Crippen LogP contribution in [-0.4, -0.2) is 29.6 Å². The van der Waals surface area contributed by atoms with Crippen LogP contribution in [0.4, 0.5) is 5.69 Å². The Morgan fingerprint density at radius 2 is 2.17 bits per heavy atom. The van der Waals surface area contributed by atoms with E-state index in [2.05, 4.69) is 5.32 Å². The van der Waals surface area contributed by atoms with Gasteiger partial charge in [0.25, 0.3) is 5.91 Å². The highest BCUT2D eigenvalue weighted by Crippen LogP contribution is 2.23. The number of nitrogens with one attached hydrogen (secondary N) is 1. The first-order valence-corrected chi connectivity index (χ1v) is 5.53. The first-order valence-electron chi connectivity index (χ1n) is 5.53. The van der Waals surface area contributed by atoms with Crippen LogP contribution in [0.1, 0.15) is 24.2 Å². The molecule has 0 aliphatic rings. The maximum Gasteiger partial charge on any atom is 0.339 e. The van der Waals surface area contributed by atoms with Crippen LogP contribution in [0.5, 0.6) is 5.75 Å². The van der Waals surface area contributed by atoms with Crippen molar-refractivity contribution in [1.29, 1.82) is 0 Å². The van der Waals surface area contributed by atoms with Crippen LogP contribution in [0.15, 0.2) is 18.2 Å². The van der Waals surface area contributed by atoms with E-state index in [4.69, 9.17) is 15.6 Å². The summed E-state index contributed by atoms with van der Waals surface area (Å²) in [6.45, 7) is 3.81. The molecular weight excluding hydrogens is 236 g/mol. The molecule has 0 spiro atoms. The van der Waals surface area contributed by atoms with E-state index in [0.29, 0.717) is 12.2 Å². The molecule has 1 atom stereocenters. The van der Waals surface area contributed by atoms with Gasteiger partial charge >= 0.3 is 5.97 Å². The van der Waals surface area contributed by atoms with Gasteiger partial charge in [-0.05, 0) is 26.0 Å². The molecule has 0 aliphatic heterocycles. The number of carbonyl (C=O) groups excluding carboxylic acids is 1. The number of hydrogen-bond acceptors (Lipinski definition) is 4. The van der Waals surface area contributed by atoms with E-state index in [9.17, 15) is 9.59 Å². The monoisotopic (exact) mass is 252 g/mol. The summed E-state index contributed by atoms with van der Waals surface area (Å²) < 4.78 is 5.33. The van der Waals surface area contributed by atoms with E-state index in [-0.39, 0.29) is 17.2 Å². The number of rotatable bonds is 5. The third-order valence-corrected chi connectivity index (χ3v) is 2.26. The Balaban J connectivity index is 2.92. The number of benzene rings is 1. The lowest BCUT2D eigenvalue weighted by Crippen LogP contribution is -2.36. The zero-order valence-electron chi connectivity index (χ0n) is 10.3. The average Bonchev–Trinajstić information content (AvgIpc) is 2.28. The number of ether oxygens (including phenoxy) is 1. The number of carbonyl (C=O) groups is 2. The molecule has 0 saturated heterocycles. The van der Waals surface area contributed by atoms with Gasteiger partial charge in [0.2, 0.25) is 0 Å². The Labute approximate surface area is 105 Å². The number of nitrogen functional groups attached to an aromatic ring is 1. The summed E-state index contributed by atoms with van der Waals surface area (Å²) in [7, 11) is 0. The Bertz CT molecular complexity index is 459. The zero-order chi connectivity index (χ0) is 13.7. The van der Waals surface area contributed by atoms with Crippen molar-refractivity contribution >= 4 is 17.6 Å². The number of anilines is 1. The van der Waals surface area contributed by atoms with Gasteiger partial charge in [-0.2, -0.15) is 0 Å². The molecule has 1 aromatic carbocycles. The second-order valence-corrected chi connectivity index (χ2v) is 3.72. The third-order valence-electron chi connectivity index (χ3n) is 2.26. The highest BCUT2D eigenvalue weighted by molar-refractivity contribution is 5.91. The Kier molecular flexibility index (Phi) is 4.53. The largest absolute Gasteiger partial charge is 0.480 e. The molecular formula is C12H16N2O4. The molecule has 6 nitrogen and oxygen atoms in total. The second kappa shape index (κ2) is 5.90. The quantitative estimate of drug-likeness (QED) is 0.675. The number of amides is 1. The van der Waals surface area contributed by atoms with E-state index in [1.165, 1.54) is 18.2 Å². The molecule has 0 radical (unpaired) electrons. The summed E-state index contributed by atoms with van der Waals surface area (Å²) in [4.78, 5) is 22.5. The minimum Gasteiger partial charge on any atom is -0.480 e. The number of carboxylic acid groups (broad SMARTS) is 1. The minimum atomic E-state index is -1.13. The van der Waals surface area contributed by atoms with E-state index >= 15 is 0 Å². The summed E-state index contributed by atoms with van der Waals surface area (Å²) in [5.74, 6) is -1.36. The van der Waals surface area contributed by atoms with Crippen molar-refractivity contribution in [1.82, 2.24) is 5.32 Å². The van der Waals surface area contributed by atoms with Crippen molar-refractivity contribution in [3.05, 3.63) is 23.8 Å². The number of likely N-dealkylation sites (N-methyl/N-ethyl adjacent to an activating group) is 1. The maximum atomic E-state index is 11.5. The van der Waals surface area contributed by atoms with Gasteiger partial charge in [0.05, 0.1) is 0 Å². The summed E-state index contributed by atoms with van der Waals surface area (Å²) in [5, 5.41) is 11.6. The predicted octanol–water partition coefficient (Wildman–Crippen LogP) is 0.870. The topological polar surface area (TPSA) is 102 Å². The van der Waals surface area contributed by atoms with Crippen molar-refractivity contribution < 1.29 is 19.4 Å². The van der Waals surface area contributed by atoms with Crippen LogP contribution < -0.4 is 15.8 Å². The predicted molar refractivity (Wildman–Crippen MR) is 66.6 cm³/mol. The molecule has 1 rings (SSSR count). The van der Waals surface area contributed by atoms with E-state index in [1.807, 2.05) is 0 Å². The van der Waals surface area contributed by atoms with Crippen molar-refractivity contribution in [3.8, 4) is 5.75 Å². The highest BCUT2D eigenvalue weighted by atomic mass is 16.5. The molecule has 98 valence electrons. The molecule has 0 saturated carbocycles. The van der Waals surface area contributed by atoms with Gasteiger partial charge in [-0.1, -0.05) is 0 Å². The molecule has 0 fully saturated rings. The molecule has 1 aromatic rings. The van der Waals surface area contributed by atoms with Crippen LogP contribution in [0.2, 0.25) is 0 Å². The number of aromatic carboxylic acids is 1. The molecule has 6 heteroatoms. The molecule has 4 N–H and O–H groups in total. The standard InChI is InChI=1S/C12H16N2O4/c1-3-14-11(15)7(2)18-10-6-8(13)4-5-9(10)12(16)17/h4-7H,3,13H2,1-2H3,(H,14,15)(H,16,17). The normalized spacial score (nSPS) is 11.7. The first kappa shape index (κ1) is 13.8. The number of hydrogen-bond donors (Lipinski definition) is 3. The second-order valence-electron chi connectivity index (χ2n) is 3.72. The van der Waals surface area contributed by atoms with Gasteiger partial charge in [-0.15, -0.1) is 0 Å². The SMILES string of the molecule is CCNC(=O)C(C)Oc1cc(N)ccc1C(=O)O. The lowest BCUT2D eigenvalue weighted by atomic mass is 10.2. The van der Waals surface area contributed by atoms with Crippen LogP contribution in [0, 0.1) is 0 Å². The lowest BCUT2D eigenvalue weighted by molar-refractivity contribution is -0.127. The van der Waals surface area contributed by atoms with Crippen LogP contribution >= 0.6 is 0 Å². The van der Waals surface area contributed by atoms with Crippen molar-refractivity contribution in [2.45, 2.75) is 20.0 Å². The van der Waals surface area contributed by atoms with Gasteiger partial charge < -0.3 is 20.9 Å².